The Balaban J connectivity index is -0.0000000221. The Morgan fingerprint density at radius 3 is 1.55 bits per heavy atom. The number of hydrogen-bond donors (Lipinski definition) is 3. The van der Waals surface area contributed by atoms with Gasteiger partial charge < -0.3 is 22.5 Å². The number of carboxylic acids is 2. The van der Waals surface area contributed by atoms with E-state index in [2.05, 4.69) is 0 Å². The van der Waals surface area contributed by atoms with Gasteiger partial charge in [-0.2, -0.15) is 0 Å². The molecule has 0 saturated carbocycles. The van der Waals surface area contributed by atoms with E-state index in [0.717, 1.165) is 6.92 Å². The molecular formula is C4H10NNaO5. The molecule has 0 spiro atoms. The average Bonchev–Trinajstić information content (AvgIpc) is 1.65. The minimum atomic E-state index is -1.20. The van der Waals surface area contributed by atoms with Crippen molar-refractivity contribution in [2.45, 2.75) is 6.92 Å². The zero-order valence-electron chi connectivity index (χ0n) is 7.29. The maximum Gasteiger partial charge on any atom is 1.00 e. The summed E-state index contributed by atoms with van der Waals surface area (Å²) >= 11 is 0. The fraction of sp³-hybridized carbons (Fsp3) is 0.250. The molecular weight excluding hydrogens is 165 g/mol. The van der Waals surface area contributed by atoms with Gasteiger partial charge in [0.25, 0.3) is 5.97 Å². The number of carboxylic acid groups (broad SMARTS) is 2. The van der Waals surface area contributed by atoms with Gasteiger partial charge in [-0.1, -0.05) is 0 Å². The number of hydrogen-bond acceptors (Lipinski definition) is 3. The van der Waals surface area contributed by atoms with Crippen LogP contribution in [0.5, 0.6) is 0 Å². The summed E-state index contributed by atoms with van der Waals surface area (Å²) in [6, 6.07) is 0. The van der Waals surface area contributed by atoms with Gasteiger partial charge in [-0.05, 0) is 0 Å². The molecule has 0 aromatic heterocycles. The van der Waals surface area contributed by atoms with E-state index in [-0.39, 0.29) is 36.5 Å². The Bertz CT molecular complexity index is 127. The first-order valence-electron chi connectivity index (χ1n) is 1.93. The maximum atomic E-state index is 9.12. The summed E-state index contributed by atoms with van der Waals surface area (Å²) in [5, 5.41) is 20.8. The molecule has 0 rings (SSSR count). The van der Waals surface area contributed by atoms with E-state index >= 15 is 0 Å². The summed E-state index contributed by atoms with van der Waals surface area (Å²) in [7, 11) is 0. The second-order valence-electron chi connectivity index (χ2n) is 1.00. The van der Waals surface area contributed by atoms with Crippen LogP contribution in [0.4, 0.5) is 0 Å². The van der Waals surface area contributed by atoms with Gasteiger partial charge in [0.1, 0.15) is 6.21 Å². The molecule has 11 heavy (non-hydrogen) atoms. The van der Waals surface area contributed by atoms with Crippen molar-refractivity contribution in [1.29, 1.82) is 5.41 Å². The van der Waals surface area contributed by atoms with Crippen LogP contribution in [-0.4, -0.2) is 33.8 Å². The number of carbonyl (C=O) groups is 2. The second-order valence-corrected chi connectivity index (χ2v) is 1.00. The van der Waals surface area contributed by atoms with E-state index in [1.165, 1.54) is 0 Å². The number of rotatable bonds is 1. The summed E-state index contributed by atoms with van der Waals surface area (Å²) in [6.45, 7) is 1.08. The first-order chi connectivity index (χ1) is 4.00. The van der Waals surface area contributed by atoms with Crippen LogP contribution in [0.3, 0.4) is 0 Å². The predicted octanol–water partition coefficient (Wildman–Crippen LogP) is -3.90. The van der Waals surface area contributed by atoms with E-state index in [4.69, 9.17) is 25.2 Å². The molecule has 0 saturated heterocycles. The van der Waals surface area contributed by atoms with Crippen molar-refractivity contribution in [3.63, 3.8) is 0 Å². The minimum Gasteiger partial charge on any atom is -1.00 e. The number of nitrogens with one attached hydrogen (secondary N) is 1. The zero-order valence-corrected chi connectivity index (χ0v) is 8.29. The smallest absolute Gasteiger partial charge is 1.00 e. The standard InChI is InChI=1S/C2H3NO2.C2H4O2.Na.H2O.H/c3-1-2(4)5;1-2(3)4;;;/h1,3H,(H,4,5);1H3,(H,3,4);;1H2;/q;;+1;;-1. The molecule has 62 valence electrons. The van der Waals surface area contributed by atoms with Crippen LogP contribution in [-0.2, 0) is 9.59 Å². The molecule has 0 bridgehead atoms. The fourth-order valence-corrected chi connectivity index (χ4v) is 0. The summed E-state index contributed by atoms with van der Waals surface area (Å²) in [6.07, 6.45) is 0.333. The van der Waals surface area contributed by atoms with E-state index in [1.54, 1.807) is 0 Å². The van der Waals surface area contributed by atoms with Crippen LogP contribution in [0.25, 0.3) is 0 Å². The average molecular weight is 175 g/mol. The van der Waals surface area contributed by atoms with Crippen molar-refractivity contribution in [2.75, 3.05) is 0 Å². The molecule has 0 aromatic rings. The summed E-state index contributed by atoms with van der Waals surface area (Å²) in [5.74, 6) is -2.04. The topological polar surface area (TPSA) is 130 Å². The Labute approximate surface area is 86.8 Å². The predicted molar refractivity (Wildman–Crippen MR) is 34.5 cm³/mol. The SMILES string of the molecule is CC(=O)O.N=CC(=O)O.O.[H-].[Na+]. The van der Waals surface area contributed by atoms with Crippen LogP contribution in [0.1, 0.15) is 8.35 Å². The van der Waals surface area contributed by atoms with Gasteiger partial charge in [-0.15, -0.1) is 0 Å². The molecule has 6 nitrogen and oxygen atoms in total. The molecule has 0 fully saturated rings. The van der Waals surface area contributed by atoms with Crippen LogP contribution in [0, 0.1) is 5.41 Å². The summed E-state index contributed by atoms with van der Waals surface area (Å²) in [5.41, 5.74) is 0. The molecule has 0 aromatic carbocycles. The van der Waals surface area contributed by atoms with Crippen LogP contribution in [0.2, 0.25) is 0 Å². The molecule has 0 heterocycles. The molecule has 0 amide bonds. The third-order valence-corrected chi connectivity index (χ3v) is 0.123. The third-order valence-electron chi connectivity index (χ3n) is 0.123. The van der Waals surface area contributed by atoms with Crippen molar-refractivity contribution >= 4 is 18.2 Å². The van der Waals surface area contributed by atoms with Crippen LogP contribution >= 0.6 is 0 Å². The Hall–Kier alpha value is -0.430. The van der Waals surface area contributed by atoms with Crippen molar-refractivity contribution in [1.82, 2.24) is 0 Å². The van der Waals surface area contributed by atoms with Gasteiger partial charge in [-0.3, -0.25) is 4.79 Å². The van der Waals surface area contributed by atoms with Gasteiger partial charge in [0.15, 0.2) is 0 Å². The maximum absolute atomic E-state index is 9.12. The molecule has 7 heteroatoms. The molecule has 0 radical (unpaired) electrons. The monoisotopic (exact) mass is 175 g/mol. The summed E-state index contributed by atoms with van der Waals surface area (Å²) < 4.78 is 0. The number of aliphatic carboxylic acids is 2. The van der Waals surface area contributed by atoms with Crippen molar-refractivity contribution in [3.8, 4) is 0 Å². The molecule has 0 unspecified atom stereocenters. The first-order valence-corrected chi connectivity index (χ1v) is 1.93. The van der Waals surface area contributed by atoms with E-state index in [1.807, 2.05) is 0 Å². The molecule has 0 aliphatic rings. The van der Waals surface area contributed by atoms with Crippen molar-refractivity contribution in [2.24, 2.45) is 0 Å². The Morgan fingerprint density at radius 2 is 1.55 bits per heavy atom. The molecule has 0 aliphatic carbocycles. The van der Waals surface area contributed by atoms with Gasteiger partial charge in [0.2, 0.25) is 0 Å². The van der Waals surface area contributed by atoms with E-state index in [9.17, 15) is 0 Å². The van der Waals surface area contributed by atoms with Gasteiger partial charge >= 0.3 is 35.5 Å². The van der Waals surface area contributed by atoms with Gasteiger partial charge in [-0.25, -0.2) is 4.79 Å². The fourth-order valence-electron chi connectivity index (χ4n) is 0. The first kappa shape index (κ1) is 22.4. The molecule has 0 atom stereocenters. The summed E-state index contributed by atoms with van der Waals surface area (Å²) in [4.78, 5) is 18.1. The van der Waals surface area contributed by atoms with E-state index in [0.29, 0.717) is 6.21 Å². The van der Waals surface area contributed by atoms with Gasteiger partial charge in [0, 0.05) is 6.92 Å². The van der Waals surface area contributed by atoms with Crippen LogP contribution in [0.15, 0.2) is 0 Å². The minimum absolute atomic E-state index is 0. The second kappa shape index (κ2) is 16.3. The van der Waals surface area contributed by atoms with Crippen molar-refractivity contribution < 1.29 is 56.3 Å². The molecule has 5 N–H and O–H groups in total. The van der Waals surface area contributed by atoms with E-state index < -0.39 is 11.9 Å². The van der Waals surface area contributed by atoms with Crippen molar-refractivity contribution in [3.05, 3.63) is 0 Å². The quantitative estimate of drug-likeness (QED) is 0.277. The Kier molecular flexibility index (Phi) is 33.2. The van der Waals surface area contributed by atoms with Crippen LogP contribution < -0.4 is 29.6 Å². The largest absolute Gasteiger partial charge is 1.00 e. The zero-order chi connectivity index (χ0) is 7.86. The third kappa shape index (κ3) is 222. The van der Waals surface area contributed by atoms with Gasteiger partial charge in [0.05, 0.1) is 0 Å². The molecule has 0 aliphatic heterocycles. The Morgan fingerprint density at radius 1 is 1.45 bits per heavy atom. The normalized spacial score (nSPS) is 5.18.